The summed E-state index contributed by atoms with van der Waals surface area (Å²) in [6, 6.07) is 3.32. The molecule has 1 fully saturated rings. The van der Waals surface area contributed by atoms with E-state index in [0.29, 0.717) is 17.3 Å². The Morgan fingerprint density at radius 1 is 1.27 bits per heavy atom. The molecule has 0 unspecified atom stereocenters. The molecular formula is C14H15F3N4O. The number of ether oxygens (including phenoxy) is 1. The van der Waals surface area contributed by atoms with Crippen LogP contribution < -0.4 is 10.5 Å². The second-order valence-electron chi connectivity index (χ2n) is 5.27. The van der Waals surface area contributed by atoms with Crippen molar-refractivity contribution >= 4 is 5.82 Å². The van der Waals surface area contributed by atoms with E-state index >= 15 is 0 Å². The van der Waals surface area contributed by atoms with Crippen molar-refractivity contribution in [2.24, 2.45) is 0 Å². The van der Waals surface area contributed by atoms with Crippen molar-refractivity contribution in [1.82, 2.24) is 14.8 Å². The molecule has 2 aromatic rings. The summed E-state index contributed by atoms with van der Waals surface area (Å²) in [5.41, 5.74) is 6.40. The summed E-state index contributed by atoms with van der Waals surface area (Å²) in [7, 11) is 0. The molecule has 2 N–H and O–H groups in total. The van der Waals surface area contributed by atoms with E-state index in [9.17, 15) is 13.2 Å². The van der Waals surface area contributed by atoms with Gasteiger partial charge in [0.15, 0.2) is 11.6 Å². The van der Waals surface area contributed by atoms with E-state index in [1.807, 2.05) is 10.9 Å². The van der Waals surface area contributed by atoms with Crippen LogP contribution >= 0.6 is 0 Å². The van der Waals surface area contributed by atoms with Crippen molar-refractivity contribution in [1.29, 1.82) is 0 Å². The van der Waals surface area contributed by atoms with Crippen LogP contribution in [0.25, 0.3) is 11.3 Å². The predicted octanol–water partition coefficient (Wildman–Crippen LogP) is 3.54. The molecule has 118 valence electrons. The molecule has 0 spiro atoms. The molecule has 3 rings (SSSR count). The maximum atomic E-state index is 12.3. The zero-order valence-corrected chi connectivity index (χ0v) is 11.7. The number of nitrogen functional groups attached to an aromatic ring is 1. The molecule has 0 atom stereocenters. The van der Waals surface area contributed by atoms with E-state index < -0.39 is 12.1 Å². The van der Waals surface area contributed by atoms with Gasteiger partial charge in [-0.1, -0.05) is 12.8 Å². The number of nitrogens with two attached hydrogens (primary N) is 1. The smallest absolute Gasteiger partial charge is 0.402 e. The highest BCUT2D eigenvalue weighted by Gasteiger charge is 2.32. The number of nitrogens with zero attached hydrogens (tertiary/aromatic N) is 3. The zero-order chi connectivity index (χ0) is 15.7. The van der Waals surface area contributed by atoms with E-state index in [4.69, 9.17) is 5.73 Å². The predicted molar refractivity (Wildman–Crippen MR) is 74.1 cm³/mol. The summed E-state index contributed by atoms with van der Waals surface area (Å²) in [4.78, 5) is 3.75. The maximum Gasteiger partial charge on any atom is 0.573 e. The molecular weight excluding hydrogens is 297 g/mol. The van der Waals surface area contributed by atoms with Gasteiger partial charge in [0.25, 0.3) is 0 Å². The third kappa shape index (κ3) is 3.15. The second-order valence-corrected chi connectivity index (χ2v) is 5.27. The number of pyridine rings is 1. The highest BCUT2D eigenvalue weighted by molar-refractivity contribution is 5.63. The molecule has 0 radical (unpaired) electrons. The highest BCUT2D eigenvalue weighted by atomic mass is 19.4. The fourth-order valence-electron chi connectivity index (χ4n) is 2.67. The number of anilines is 1. The number of aromatic nitrogens is 3. The summed E-state index contributed by atoms with van der Waals surface area (Å²) >= 11 is 0. The second kappa shape index (κ2) is 5.51. The summed E-state index contributed by atoms with van der Waals surface area (Å²) in [6.45, 7) is 0. The van der Waals surface area contributed by atoms with Gasteiger partial charge in [0.2, 0.25) is 0 Å². The molecule has 0 amide bonds. The van der Waals surface area contributed by atoms with Gasteiger partial charge in [0, 0.05) is 18.0 Å². The molecule has 2 heterocycles. The Bertz CT molecular complexity index is 662. The van der Waals surface area contributed by atoms with Crippen molar-refractivity contribution in [3.05, 3.63) is 24.5 Å². The van der Waals surface area contributed by atoms with E-state index in [1.165, 1.54) is 25.1 Å². The van der Waals surface area contributed by atoms with Crippen LogP contribution in [-0.2, 0) is 0 Å². The Kier molecular flexibility index (Phi) is 3.67. The Labute approximate surface area is 124 Å². The monoisotopic (exact) mass is 312 g/mol. The SMILES string of the molecule is Nc1ncc(-c2ccn(C3CCCC3)n2)cc1OC(F)(F)F. The average Bonchev–Trinajstić information content (AvgIpc) is 3.08. The normalized spacial score (nSPS) is 16.1. The third-order valence-electron chi connectivity index (χ3n) is 3.71. The number of hydrogen-bond donors (Lipinski definition) is 1. The Morgan fingerprint density at radius 2 is 2.00 bits per heavy atom. The molecule has 1 saturated carbocycles. The molecule has 2 aromatic heterocycles. The fourth-order valence-corrected chi connectivity index (χ4v) is 2.67. The van der Waals surface area contributed by atoms with Crippen LogP contribution in [0.4, 0.5) is 19.0 Å². The molecule has 0 bridgehead atoms. The maximum absolute atomic E-state index is 12.3. The van der Waals surface area contributed by atoms with Gasteiger partial charge in [0.05, 0.1) is 11.7 Å². The Morgan fingerprint density at radius 3 is 2.68 bits per heavy atom. The lowest BCUT2D eigenvalue weighted by Gasteiger charge is -2.11. The summed E-state index contributed by atoms with van der Waals surface area (Å²) in [5, 5.41) is 4.43. The van der Waals surface area contributed by atoms with Gasteiger partial charge in [-0.2, -0.15) is 5.10 Å². The van der Waals surface area contributed by atoms with Crippen molar-refractivity contribution in [3.63, 3.8) is 0 Å². The molecule has 22 heavy (non-hydrogen) atoms. The van der Waals surface area contributed by atoms with Crippen molar-refractivity contribution < 1.29 is 17.9 Å². The molecule has 1 aliphatic rings. The first-order valence-corrected chi connectivity index (χ1v) is 6.99. The summed E-state index contributed by atoms with van der Waals surface area (Å²) < 4.78 is 42.8. The van der Waals surface area contributed by atoms with E-state index in [0.717, 1.165) is 12.8 Å². The van der Waals surface area contributed by atoms with E-state index in [1.54, 1.807) is 6.07 Å². The largest absolute Gasteiger partial charge is 0.573 e. The van der Waals surface area contributed by atoms with Gasteiger partial charge >= 0.3 is 6.36 Å². The minimum Gasteiger partial charge on any atom is -0.402 e. The van der Waals surface area contributed by atoms with Crippen molar-refractivity contribution in [3.8, 4) is 17.0 Å². The molecule has 0 aliphatic heterocycles. The Hall–Kier alpha value is -2.25. The molecule has 5 nitrogen and oxygen atoms in total. The lowest BCUT2D eigenvalue weighted by Crippen LogP contribution is -2.18. The minimum atomic E-state index is -4.81. The lowest BCUT2D eigenvalue weighted by atomic mass is 10.2. The van der Waals surface area contributed by atoms with E-state index in [-0.39, 0.29) is 5.82 Å². The molecule has 0 aromatic carbocycles. The highest BCUT2D eigenvalue weighted by Crippen LogP contribution is 2.32. The van der Waals surface area contributed by atoms with Crippen LogP contribution in [0.3, 0.4) is 0 Å². The van der Waals surface area contributed by atoms with Crippen molar-refractivity contribution in [2.75, 3.05) is 5.73 Å². The molecule has 0 saturated heterocycles. The topological polar surface area (TPSA) is 66.0 Å². The van der Waals surface area contributed by atoms with Gasteiger partial charge in [-0.05, 0) is 25.0 Å². The van der Waals surface area contributed by atoms with Crippen LogP contribution in [0.5, 0.6) is 5.75 Å². The minimum absolute atomic E-state index is 0.309. The lowest BCUT2D eigenvalue weighted by molar-refractivity contribution is -0.274. The zero-order valence-electron chi connectivity index (χ0n) is 11.7. The van der Waals surface area contributed by atoms with Crippen LogP contribution in [0.2, 0.25) is 0 Å². The van der Waals surface area contributed by atoms with Crippen LogP contribution in [-0.4, -0.2) is 21.1 Å². The number of rotatable bonds is 3. The fraction of sp³-hybridized carbons (Fsp3) is 0.429. The average molecular weight is 312 g/mol. The first-order chi connectivity index (χ1) is 10.4. The van der Waals surface area contributed by atoms with Crippen molar-refractivity contribution in [2.45, 2.75) is 38.1 Å². The van der Waals surface area contributed by atoms with Gasteiger partial charge in [0.1, 0.15) is 0 Å². The Balaban J connectivity index is 1.87. The quantitative estimate of drug-likeness (QED) is 0.941. The molecule has 8 heteroatoms. The number of halogens is 3. The van der Waals surface area contributed by atoms with Gasteiger partial charge < -0.3 is 10.5 Å². The molecule has 1 aliphatic carbocycles. The first-order valence-electron chi connectivity index (χ1n) is 6.99. The van der Waals surface area contributed by atoms with Gasteiger partial charge in [-0.3, -0.25) is 4.68 Å². The first kappa shape index (κ1) is 14.7. The van der Waals surface area contributed by atoms with Crippen LogP contribution in [0, 0.1) is 0 Å². The summed E-state index contributed by atoms with van der Waals surface area (Å²) in [5.74, 6) is -0.822. The summed E-state index contributed by atoms with van der Waals surface area (Å²) in [6.07, 6.45) is 2.91. The number of alkyl halides is 3. The number of hydrogen-bond acceptors (Lipinski definition) is 4. The van der Waals surface area contributed by atoms with Crippen LogP contribution in [0.1, 0.15) is 31.7 Å². The standard InChI is InChI=1S/C14H15F3N4O/c15-14(16,17)22-12-7-9(8-19-13(12)18)11-5-6-21(20-11)10-3-1-2-4-10/h5-8,10H,1-4H2,(H2,18,19). The van der Waals surface area contributed by atoms with Gasteiger partial charge in [-0.25, -0.2) is 4.98 Å². The van der Waals surface area contributed by atoms with E-state index in [2.05, 4.69) is 14.8 Å². The van der Waals surface area contributed by atoms with Gasteiger partial charge in [-0.15, -0.1) is 13.2 Å². The third-order valence-corrected chi connectivity index (χ3v) is 3.71. The van der Waals surface area contributed by atoms with Crippen LogP contribution in [0.15, 0.2) is 24.5 Å².